The van der Waals surface area contributed by atoms with E-state index in [9.17, 15) is 0 Å². The Kier molecular flexibility index (Phi) is 3.58. The zero-order valence-electron chi connectivity index (χ0n) is 9.23. The van der Waals surface area contributed by atoms with E-state index in [-0.39, 0.29) is 5.96 Å². The molecule has 0 saturated heterocycles. The van der Waals surface area contributed by atoms with Crippen LogP contribution in [0.4, 0.5) is 0 Å². The highest BCUT2D eigenvalue weighted by Crippen LogP contribution is 2.34. The Hall–Kier alpha value is -1.62. The van der Waals surface area contributed by atoms with E-state index in [0.29, 0.717) is 0 Å². The van der Waals surface area contributed by atoms with Crippen LogP contribution in [-0.2, 0) is 6.42 Å². The summed E-state index contributed by atoms with van der Waals surface area (Å²) in [6, 6.07) is 8.31. The lowest BCUT2D eigenvalue weighted by Gasteiger charge is -2.17. The van der Waals surface area contributed by atoms with Crippen LogP contribution >= 0.6 is 15.9 Å². The Bertz CT molecular complexity index is 513. The number of allylic oxidation sites excluding steroid dienone is 1. The quantitative estimate of drug-likeness (QED) is 0.497. The summed E-state index contributed by atoms with van der Waals surface area (Å²) in [5.74, 6) is -0.0332. The molecule has 0 unspecified atom stereocenters. The van der Waals surface area contributed by atoms with E-state index in [0.717, 1.165) is 22.9 Å². The Morgan fingerprint density at radius 2 is 2.00 bits per heavy atom. The Morgan fingerprint density at radius 1 is 1.24 bits per heavy atom. The van der Waals surface area contributed by atoms with Crippen molar-refractivity contribution >= 4 is 32.6 Å². The maximum atomic E-state index is 5.21. The monoisotopic (exact) mass is 292 g/mol. The number of nitrogens with zero attached hydrogens (tertiary/aromatic N) is 2. The first-order chi connectivity index (χ1) is 8.18. The van der Waals surface area contributed by atoms with Gasteiger partial charge in [-0.15, -0.1) is 5.10 Å². The minimum Gasteiger partial charge on any atom is -0.369 e. The predicted molar refractivity (Wildman–Crippen MR) is 74.9 cm³/mol. The maximum Gasteiger partial charge on any atom is 0.211 e. The van der Waals surface area contributed by atoms with Gasteiger partial charge in [0.25, 0.3) is 0 Å². The van der Waals surface area contributed by atoms with E-state index >= 15 is 0 Å². The third kappa shape index (κ3) is 2.74. The van der Waals surface area contributed by atoms with E-state index in [1.54, 1.807) is 6.21 Å². The van der Waals surface area contributed by atoms with E-state index in [1.807, 2.05) is 6.07 Å². The van der Waals surface area contributed by atoms with Crippen molar-refractivity contribution in [3.63, 3.8) is 0 Å². The fraction of sp³-hybridized carbons (Fsp3) is 0.167. The minimum absolute atomic E-state index is 0.0332. The lowest BCUT2D eigenvalue weighted by molar-refractivity contribution is 0.960. The van der Waals surface area contributed by atoms with Crippen LogP contribution in [0.5, 0.6) is 0 Å². The van der Waals surface area contributed by atoms with Gasteiger partial charge in [0, 0.05) is 4.48 Å². The average Bonchev–Trinajstić information content (AvgIpc) is 2.32. The predicted octanol–water partition coefficient (Wildman–Crippen LogP) is 2.00. The van der Waals surface area contributed by atoms with Crippen LogP contribution in [-0.4, -0.2) is 12.2 Å². The molecule has 88 valence electrons. The molecule has 0 heterocycles. The lowest BCUT2D eigenvalue weighted by Crippen LogP contribution is -2.21. The molecule has 0 bridgehead atoms. The summed E-state index contributed by atoms with van der Waals surface area (Å²) in [5.41, 5.74) is 14.1. The highest BCUT2D eigenvalue weighted by atomic mass is 79.9. The van der Waals surface area contributed by atoms with Gasteiger partial charge in [-0.05, 0) is 45.5 Å². The lowest BCUT2D eigenvalue weighted by atomic mass is 9.93. The molecule has 0 amide bonds. The van der Waals surface area contributed by atoms with Crippen molar-refractivity contribution in [1.29, 1.82) is 0 Å². The molecule has 0 saturated carbocycles. The molecule has 1 aromatic rings. The average molecular weight is 293 g/mol. The Morgan fingerprint density at radius 3 is 2.76 bits per heavy atom. The second-order valence-electron chi connectivity index (χ2n) is 3.77. The van der Waals surface area contributed by atoms with Crippen molar-refractivity contribution in [2.45, 2.75) is 12.8 Å². The van der Waals surface area contributed by atoms with Crippen molar-refractivity contribution in [2.75, 3.05) is 0 Å². The van der Waals surface area contributed by atoms with Crippen LogP contribution in [0.1, 0.15) is 17.5 Å². The van der Waals surface area contributed by atoms with Crippen LogP contribution in [0.2, 0.25) is 0 Å². The molecule has 0 spiro atoms. The molecule has 1 aliphatic rings. The van der Waals surface area contributed by atoms with Gasteiger partial charge in [-0.2, -0.15) is 5.10 Å². The third-order valence-electron chi connectivity index (χ3n) is 2.59. The van der Waals surface area contributed by atoms with Gasteiger partial charge in [0.1, 0.15) is 0 Å². The standard InChI is InChI=1S/C12H13BrN4/c13-11-9(7-16-17-12(14)15)6-5-8-3-1-2-4-10(8)11/h1-4,7H,5-6H2,(H4,14,15,17)/b16-7+. The smallest absolute Gasteiger partial charge is 0.211 e. The molecule has 0 aromatic heterocycles. The minimum atomic E-state index is -0.0332. The van der Waals surface area contributed by atoms with Gasteiger partial charge in [0.05, 0.1) is 6.21 Å². The molecule has 4 N–H and O–H groups in total. The summed E-state index contributed by atoms with van der Waals surface area (Å²) in [6.07, 6.45) is 3.63. The number of benzene rings is 1. The summed E-state index contributed by atoms with van der Waals surface area (Å²) in [6.45, 7) is 0. The number of fused-ring (bicyclic) bond motifs is 1. The van der Waals surface area contributed by atoms with Crippen molar-refractivity contribution in [3.05, 3.63) is 41.0 Å². The topological polar surface area (TPSA) is 76.8 Å². The normalized spacial score (nSPS) is 14.9. The van der Waals surface area contributed by atoms with Crippen molar-refractivity contribution in [3.8, 4) is 0 Å². The second kappa shape index (κ2) is 5.14. The van der Waals surface area contributed by atoms with Crippen LogP contribution in [0.3, 0.4) is 0 Å². The summed E-state index contributed by atoms with van der Waals surface area (Å²) in [4.78, 5) is 0. The van der Waals surface area contributed by atoms with Crippen LogP contribution in [0.25, 0.3) is 4.48 Å². The van der Waals surface area contributed by atoms with E-state index in [4.69, 9.17) is 11.5 Å². The summed E-state index contributed by atoms with van der Waals surface area (Å²) in [5, 5.41) is 7.44. The number of halogens is 1. The number of hydrogen-bond donors (Lipinski definition) is 2. The molecule has 1 aromatic carbocycles. The van der Waals surface area contributed by atoms with Crippen molar-refractivity contribution < 1.29 is 0 Å². The van der Waals surface area contributed by atoms with Crippen LogP contribution < -0.4 is 11.5 Å². The number of guanidine groups is 1. The molecule has 0 aliphatic heterocycles. The van der Waals surface area contributed by atoms with Crippen LogP contribution in [0.15, 0.2) is 40.0 Å². The molecule has 0 fully saturated rings. The second-order valence-corrected chi connectivity index (χ2v) is 4.56. The number of aryl methyl sites for hydroxylation is 1. The van der Waals surface area contributed by atoms with Gasteiger partial charge < -0.3 is 11.5 Å². The molecule has 0 radical (unpaired) electrons. The number of rotatable bonds is 2. The van der Waals surface area contributed by atoms with E-state index in [2.05, 4.69) is 44.3 Å². The SMILES string of the molecule is NC(N)=N/N=C/C1=C(Br)c2ccccc2CC1. The van der Waals surface area contributed by atoms with Gasteiger partial charge in [-0.25, -0.2) is 0 Å². The molecule has 2 rings (SSSR count). The molecule has 4 nitrogen and oxygen atoms in total. The maximum absolute atomic E-state index is 5.21. The fourth-order valence-corrected chi connectivity index (χ4v) is 2.48. The van der Waals surface area contributed by atoms with E-state index < -0.39 is 0 Å². The molecule has 5 heteroatoms. The first-order valence-electron chi connectivity index (χ1n) is 5.27. The van der Waals surface area contributed by atoms with E-state index in [1.165, 1.54) is 11.1 Å². The zero-order valence-corrected chi connectivity index (χ0v) is 10.8. The largest absolute Gasteiger partial charge is 0.369 e. The molecular weight excluding hydrogens is 280 g/mol. The molecule has 0 atom stereocenters. The summed E-state index contributed by atoms with van der Waals surface area (Å²) in [7, 11) is 0. The van der Waals surface area contributed by atoms with Gasteiger partial charge in [0.2, 0.25) is 5.96 Å². The highest BCUT2D eigenvalue weighted by molar-refractivity contribution is 9.15. The fourth-order valence-electron chi connectivity index (χ4n) is 1.79. The summed E-state index contributed by atoms with van der Waals surface area (Å²) >= 11 is 3.60. The third-order valence-corrected chi connectivity index (χ3v) is 3.52. The molecular formula is C12H13BrN4. The van der Waals surface area contributed by atoms with Gasteiger partial charge >= 0.3 is 0 Å². The number of hydrogen-bond acceptors (Lipinski definition) is 2. The van der Waals surface area contributed by atoms with Crippen LogP contribution in [0, 0.1) is 0 Å². The van der Waals surface area contributed by atoms with Gasteiger partial charge in [-0.1, -0.05) is 24.3 Å². The number of nitrogens with two attached hydrogens (primary N) is 2. The first-order valence-corrected chi connectivity index (χ1v) is 6.06. The first kappa shape index (κ1) is 11.9. The van der Waals surface area contributed by atoms with Gasteiger partial charge in [-0.3, -0.25) is 0 Å². The van der Waals surface area contributed by atoms with Gasteiger partial charge in [0.15, 0.2) is 0 Å². The Labute approximate surface area is 108 Å². The van der Waals surface area contributed by atoms with Crippen molar-refractivity contribution in [2.24, 2.45) is 21.7 Å². The Balaban J connectivity index is 2.31. The highest BCUT2D eigenvalue weighted by Gasteiger charge is 2.15. The van der Waals surface area contributed by atoms with Crippen molar-refractivity contribution in [1.82, 2.24) is 0 Å². The summed E-state index contributed by atoms with van der Waals surface area (Å²) < 4.78 is 1.06. The molecule has 1 aliphatic carbocycles. The molecule has 17 heavy (non-hydrogen) atoms. The zero-order chi connectivity index (χ0) is 12.3.